The molecule has 1 unspecified atom stereocenters. The molecule has 22 heavy (non-hydrogen) atoms. The lowest BCUT2D eigenvalue weighted by molar-refractivity contribution is -0.117. The van der Waals surface area contributed by atoms with E-state index in [-0.39, 0.29) is 13.4 Å². The minimum absolute atomic E-state index is 0.145. The topological polar surface area (TPSA) is 94.5 Å². The summed E-state index contributed by atoms with van der Waals surface area (Å²) in [6.45, 7) is 2.52. The van der Waals surface area contributed by atoms with E-state index in [1.54, 1.807) is 0 Å². The van der Waals surface area contributed by atoms with E-state index in [2.05, 4.69) is 11.4 Å². The number of rotatable bonds is 12. The van der Waals surface area contributed by atoms with E-state index in [9.17, 15) is 4.57 Å². The highest BCUT2D eigenvalue weighted by Gasteiger charge is 2.17. The predicted octanol–water partition coefficient (Wildman–Crippen LogP) is 2.60. The van der Waals surface area contributed by atoms with Crippen molar-refractivity contribution in [3.05, 3.63) is 35.9 Å². The van der Waals surface area contributed by atoms with E-state index in [4.69, 9.17) is 24.0 Å². The molecule has 1 aromatic rings. The van der Waals surface area contributed by atoms with Crippen LogP contribution in [-0.4, -0.2) is 36.6 Å². The Morgan fingerprint density at radius 3 is 2.50 bits per heavy atom. The molecule has 0 saturated carbocycles. The zero-order valence-corrected chi connectivity index (χ0v) is 13.5. The lowest BCUT2D eigenvalue weighted by atomic mass is 10.1. The number of phosphoric ester groups is 1. The molecule has 0 aliphatic carbocycles. The fourth-order valence-electron chi connectivity index (χ4n) is 1.61. The molecule has 0 saturated heterocycles. The average Bonchev–Trinajstić information content (AvgIpc) is 2.48. The minimum atomic E-state index is -4.55. The first-order valence-corrected chi connectivity index (χ1v) is 8.58. The highest BCUT2D eigenvalue weighted by atomic mass is 31.2. The summed E-state index contributed by atoms with van der Waals surface area (Å²) >= 11 is 0. The van der Waals surface area contributed by atoms with Gasteiger partial charge >= 0.3 is 7.82 Å². The molecule has 126 valence electrons. The van der Waals surface area contributed by atoms with Gasteiger partial charge in [0.1, 0.15) is 12.9 Å². The molecule has 0 aliphatic heterocycles. The van der Waals surface area contributed by atoms with E-state index in [1.165, 1.54) is 0 Å². The van der Waals surface area contributed by atoms with Crippen LogP contribution < -0.4 is 0 Å². The zero-order chi connectivity index (χ0) is 16.3. The summed E-state index contributed by atoms with van der Waals surface area (Å²) in [5.41, 5.74) is 0.824. The zero-order valence-electron chi connectivity index (χ0n) is 12.6. The Morgan fingerprint density at radius 1 is 1.14 bits per heavy atom. The van der Waals surface area contributed by atoms with Crippen molar-refractivity contribution in [2.45, 2.75) is 25.9 Å². The van der Waals surface area contributed by atoms with Crippen LogP contribution in [0.15, 0.2) is 30.3 Å². The van der Waals surface area contributed by atoms with Crippen LogP contribution in [0, 0.1) is 0 Å². The Kier molecular flexibility index (Phi) is 9.50. The molecule has 8 heteroatoms. The van der Waals surface area contributed by atoms with Crippen LogP contribution >= 0.6 is 7.82 Å². The number of phosphoric acid groups is 1. The summed E-state index contributed by atoms with van der Waals surface area (Å²) in [4.78, 5) is 17.3. The molecule has 1 rings (SSSR count). The van der Waals surface area contributed by atoms with Gasteiger partial charge in [-0.2, -0.15) is 0 Å². The van der Waals surface area contributed by atoms with Crippen LogP contribution in [0.25, 0.3) is 0 Å². The van der Waals surface area contributed by atoms with Crippen LogP contribution in [0.1, 0.15) is 31.4 Å². The first-order chi connectivity index (χ1) is 10.5. The normalized spacial score (nSPS) is 13.2. The monoisotopic (exact) mass is 334 g/mol. The second-order valence-corrected chi connectivity index (χ2v) is 5.79. The highest BCUT2D eigenvalue weighted by Crippen LogP contribution is 2.36. The van der Waals surface area contributed by atoms with Gasteiger partial charge in [-0.1, -0.05) is 43.7 Å². The summed E-state index contributed by atoms with van der Waals surface area (Å²) in [5, 5.41) is 0. The molecule has 7 nitrogen and oxygen atoms in total. The third-order valence-corrected chi connectivity index (χ3v) is 3.18. The van der Waals surface area contributed by atoms with Crippen molar-refractivity contribution in [1.82, 2.24) is 0 Å². The SMILES string of the molecule is CCCCOCOCC(OCOP(=O)(O)O)c1ccccc1. The maximum absolute atomic E-state index is 10.7. The van der Waals surface area contributed by atoms with Gasteiger partial charge in [0, 0.05) is 6.61 Å². The molecule has 1 atom stereocenters. The van der Waals surface area contributed by atoms with Crippen LogP contribution in [0.5, 0.6) is 0 Å². The number of benzene rings is 1. The molecule has 0 fully saturated rings. The van der Waals surface area contributed by atoms with Gasteiger partial charge in [0.05, 0.1) is 6.61 Å². The number of ether oxygens (including phenoxy) is 3. The van der Waals surface area contributed by atoms with E-state index >= 15 is 0 Å². The first kappa shape index (κ1) is 19.3. The van der Waals surface area contributed by atoms with Gasteiger partial charge in [0.25, 0.3) is 0 Å². The van der Waals surface area contributed by atoms with Crippen molar-refractivity contribution in [3.63, 3.8) is 0 Å². The Morgan fingerprint density at radius 2 is 1.86 bits per heavy atom. The predicted molar refractivity (Wildman–Crippen MR) is 79.9 cm³/mol. The summed E-state index contributed by atoms with van der Waals surface area (Å²) in [6.07, 6.45) is 1.52. The number of hydrogen-bond acceptors (Lipinski definition) is 5. The Bertz CT molecular complexity index is 434. The Hall–Kier alpha value is -0.790. The van der Waals surface area contributed by atoms with Crippen molar-refractivity contribution < 1.29 is 33.1 Å². The fraction of sp³-hybridized carbons (Fsp3) is 0.571. The molecular weight excluding hydrogens is 311 g/mol. The molecule has 0 aromatic heterocycles. The second kappa shape index (κ2) is 10.9. The molecule has 0 heterocycles. The number of unbranched alkanes of at least 4 members (excludes halogenated alkanes) is 1. The molecule has 2 N–H and O–H groups in total. The molecule has 1 aromatic carbocycles. The lowest BCUT2D eigenvalue weighted by Gasteiger charge is -2.18. The van der Waals surface area contributed by atoms with Gasteiger partial charge in [-0.05, 0) is 12.0 Å². The van der Waals surface area contributed by atoms with Crippen molar-refractivity contribution in [1.29, 1.82) is 0 Å². The van der Waals surface area contributed by atoms with Crippen molar-refractivity contribution in [3.8, 4) is 0 Å². The van der Waals surface area contributed by atoms with E-state index in [0.717, 1.165) is 18.4 Å². The molecular formula is C14H23O7P. The maximum atomic E-state index is 10.7. The molecule has 0 bridgehead atoms. The van der Waals surface area contributed by atoms with Gasteiger partial charge < -0.3 is 24.0 Å². The minimum Gasteiger partial charge on any atom is -0.355 e. The third-order valence-electron chi connectivity index (χ3n) is 2.74. The summed E-state index contributed by atoms with van der Waals surface area (Å²) in [5.74, 6) is 0. The van der Waals surface area contributed by atoms with E-state index < -0.39 is 20.7 Å². The van der Waals surface area contributed by atoms with E-state index in [1.807, 2.05) is 30.3 Å². The number of hydrogen-bond donors (Lipinski definition) is 2. The van der Waals surface area contributed by atoms with Crippen LogP contribution in [-0.2, 0) is 23.3 Å². The van der Waals surface area contributed by atoms with Crippen molar-refractivity contribution >= 4 is 7.82 Å². The first-order valence-electron chi connectivity index (χ1n) is 7.05. The molecule has 0 amide bonds. The van der Waals surface area contributed by atoms with Gasteiger partial charge in [-0.15, -0.1) is 0 Å². The highest BCUT2D eigenvalue weighted by molar-refractivity contribution is 7.46. The summed E-state index contributed by atoms with van der Waals surface area (Å²) < 4.78 is 31.0. The smallest absolute Gasteiger partial charge is 0.355 e. The molecule has 0 aliphatic rings. The van der Waals surface area contributed by atoms with Crippen molar-refractivity contribution in [2.24, 2.45) is 0 Å². The Balaban J connectivity index is 2.40. The van der Waals surface area contributed by atoms with Gasteiger partial charge in [-0.3, -0.25) is 4.52 Å². The Labute approximate surface area is 130 Å². The largest absolute Gasteiger partial charge is 0.471 e. The third kappa shape index (κ3) is 9.27. The quantitative estimate of drug-likeness (QED) is 0.345. The van der Waals surface area contributed by atoms with Crippen molar-refractivity contribution in [2.75, 3.05) is 26.8 Å². The summed E-state index contributed by atoms with van der Waals surface area (Å²) in [7, 11) is -4.55. The van der Waals surface area contributed by atoms with Crippen LogP contribution in [0.2, 0.25) is 0 Å². The average molecular weight is 334 g/mol. The second-order valence-electron chi connectivity index (χ2n) is 4.55. The molecule has 0 spiro atoms. The summed E-state index contributed by atoms with van der Waals surface area (Å²) in [6, 6.07) is 9.22. The van der Waals surface area contributed by atoms with E-state index in [0.29, 0.717) is 6.61 Å². The van der Waals surface area contributed by atoms with Gasteiger partial charge in [0.15, 0.2) is 6.79 Å². The van der Waals surface area contributed by atoms with Gasteiger partial charge in [0.2, 0.25) is 0 Å². The van der Waals surface area contributed by atoms with Crippen LogP contribution in [0.4, 0.5) is 0 Å². The maximum Gasteiger partial charge on any atom is 0.471 e. The van der Waals surface area contributed by atoms with Crippen LogP contribution in [0.3, 0.4) is 0 Å². The lowest BCUT2D eigenvalue weighted by Crippen LogP contribution is -2.15. The standard InChI is InChI=1S/C14H23O7P/c1-2-3-9-18-11-19-10-14(13-7-5-4-6-8-13)20-12-21-22(15,16)17/h4-8,14H,2-3,9-12H2,1H3,(H2,15,16,17). The molecule has 0 radical (unpaired) electrons. The fourth-order valence-corrected chi connectivity index (χ4v) is 1.81. The van der Waals surface area contributed by atoms with Gasteiger partial charge in [-0.25, -0.2) is 4.57 Å².